The van der Waals surface area contributed by atoms with E-state index in [1.54, 1.807) is 0 Å². The van der Waals surface area contributed by atoms with E-state index in [4.69, 9.17) is 9.47 Å². The maximum Gasteiger partial charge on any atom is 0.308 e. The molecule has 2 aliphatic rings. The van der Waals surface area contributed by atoms with Crippen molar-refractivity contribution in [1.29, 1.82) is 0 Å². The Morgan fingerprint density at radius 1 is 1.40 bits per heavy atom. The second-order valence-corrected chi connectivity index (χ2v) is 6.27. The van der Waals surface area contributed by atoms with Crippen LogP contribution in [0.1, 0.15) is 12.5 Å². The lowest BCUT2D eigenvalue weighted by Crippen LogP contribution is -2.23. The highest BCUT2D eigenvalue weighted by Gasteiger charge is 2.34. The Labute approximate surface area is 125 Å². The van der Waals surface area contributed by atoms with Gasteiger partial charge in [0.1, 0.15) is 0 Å². The number of likely N-dealkylation sites (tertiary alicyclic amines) is 1. The summed E-state index contributed by atoms with van der Waals surface area (Å²) in [4.78, 5) is 13.3. The van der Waals surface area contributed by atoms with Gasteiger partial charge in [0, 0.05) is 24.1 Å². The molecule has 0 aliphatic carbocycles. The van der Waals surface area contributed by atoms with Crippen molar-refractivity contribution < 1.29 is 19.4 Å². The van der Waals surface area contributed by atoms with Gasteiger partial charge in [0.25, 0.3) is 0 Å². The molecule has 108 valence electrons. The molecule has 1 fully saturated rings. The monoisotopic (exact) mass is 341 g/mol. The summed E-state index contributed by atoms with van der Waals surface area (Å²) in [6.45, 7) is 4.36. The van der Waals surface area contributed by atoms with E-state index in [1.165, 1.54) is 0 Å². The molecule has 1 N–H and O–H groups in total. The average molecular weight is 342 g/mol. The van der Waals surface area contributed by atoms with E-state index >= 15 is 0 Å². The molecule has 0 amide bonds. The first-order valence-electron chi connectivity index (χ1n) is 6.58. The third kappa shape index (κ3) is 2.50. The van der Waals surface area contributed by atoms with Crippen LogP contribution in [0.15, 0.2) is 16.6 Å². The highest BCUT2D eigenvalue weighted by Crippen LogP contribution is 2.38. The van der Waals surface area contributed by atoms with Crippen molar-refractivity contribution in [2.75, 3.05) is 19.9 Å². The number of rotatable bonds is 3. The number of nitrogens with zero attached hydrogens (tertiary/aromatic N) is 1. The number of carboxylic acid groups (broad SMARTS) is 1. The molecule has 1 aromatic carbocycles. The molecule has 1 saturated heterocycles. The zero-order chi connectivity index (χ0) is 14.3. The summed E-state index contributed by atoms with van der Waals surface area (Å²) in [5, 5.41) is 9.18. The van der Waals surface area contributed by atoms with Gasteiger partial charge in [0.15, 0.2) is 11.5 Å². The van der Waals surface area contributed by atoms with Crippen molar-refractivity contribution in [3.63, 3.8) is 0 Å². The van der Waals surface area contributed by atoms with E-state index in [9.17, 15) is 9.90 Å². The highest BCUT2D eigenvalue weighted by atomic mass is 79.9. The van der Waals surface area contributed by atoms with E-state index < -0.39 is 5.97 Å². The van der Waals surface area contributed by atoms with E-state index in [1.807, 2.05) is 19.1 Å². The Kier molecular flexibility index (Phi) is 3.60. The fourth-order valence-corrected chi connectivity index (χ4v) is 3.29. The van der Waals surface area contributed by atoms with Crippen LogP contribution >= 0.6 is 15.9 Å². The zero-order valence-corrected chi connectivity index (χ0v) is 12.7. The lowest BCUT2D eigenvalue weighted by molar-refractivity contribution is -0.142. The third-order valence-corrected chi connectivity index (χ3v) is 4.68. The van der Waals surface area contributed by atoms with E-state index in [2.05, 4.69) is 20.8 Å². The molecule has 6 heteroatoms. The van der Waals surface area contributed by atoms with Gasteiger partial charge in [-0.05, 0) is 23.6 Å². The Balaban J connectivity index is 1.74. The molecule has 0 radical (unpaired) electrons. The van der Waals surface area contributed by atoms with E-state index in [0.29, 0.717) is 13.1 Å². The topological polar surface area (TPSA) is 59.0 Å². The smallest absolute Gasteiger partial charge is 0.308 e. The summed E-state index contributed by atoms with van der Waals surface area (Å²) in [5.41, 5.74) is 1.09. The normalized spacial score (nSPS) is 25.1. The van der Waals surface area contributed by atoms with Gasteiger partial charge in [0.2, 0.25) is 6.79 Å². The summed E-state index contributed by atoms with van der Waals surface area (Å²) >= 11 is 3.54. The van der Waals surface area contributed by atoms with E-state index in [0.717, 1.165) is 28.1 Å². The van der Waals surface area contributed by atoms with Crippen molar-refractivity contribution in [3.8, 4) is 11.5 Å². The molecule has 3 rings (SSSR count). The second kappa shape index (κ2) is 5.26. The quantitative estimate of drug-likeness (QED) is 0.914. The highest BCUT2D eigenvalue weighted by molar-refractivity contribution is 9.10. The van der Waals surface area contributed by atoms with Gasteiger partial charge in [-0.15, -0.1) is 0 Å². The van der Waals surface area contributed by atoms with Gasteiger partial charge in [-0.25, -0.2) is 0 Å². The van der Waals surface area contributed by atoms with Gasteiger partial charge in [-0.1, -0.05) is 22.9 Å². The van der Waals surface area contributed by atoms with Gasteiger partial charge in [0.05, 0.1) is 5.92 Å². The number of hydrogen-bond acceptors (Lipinski definition) is 4. The maximum absolute atomic E-state index is 11.2. The zero-order valence-electron chi connectivity index (χ0n) is 11.1. The molecule has 5 nitrogen and oxygen atoms in total. The summed E-state index contributed by atoms with van der Waals surface area (Å²) in [5.74, 6) is 0.705. The van der Waals surface area contributed by atoms with Crippen molar-refractivity contribution in [1.82, 2.24) is 4.90 Å². The van der Waals surface area contributed by atoms with Crippen molar-refractivity contribution >= 4 is 21.9 Å². The first-order chi connectivity index (χ1) is 9.54. The van der Waals surface area contributed by atoms with Crippen LogP contribution in [0, 0.1) is 11.8 Å². The fraction of sp³-hybridized carbons (Fsp3) is 0.500. The Morgan fingerprint density at radius 3 is 2.75 bits per heavy atom. The number of hydrogen-bond donors (Lipinski definition) is 1. The third-order valence-electron chi connectivity index (χ3n) is 3.94. The minimum Gasteiger partial charge on any atom is -0.481 e. The molecular formula is C14H16BrNO4. The van der Waals surface area contributed by atoms with Gasteiger partial charge >= 0.3 is 5.97 Å². The van der Waals surface area contributed by atoms with Crippen LogP contribution in [0.3, 0.4) is 0 Å². The number of carbonyl (C=O) groups is 1. The molecule has 0 saturated carbocycles. The largest absolute Gasteiger partial charge is 0.481 e. The van der Waals surface area contributed by atoms with Crippen LogP contribution in [0.5, 0.6) is 11.5 Å². The van der Waals surface area contributed by atoms with Crippen molar-refractivity contribution in [2.24, 2.45) is 11.8 Å². The number of ether oxygens (including phenoxy) is 2. The van der Waals surface area contributed by atoms with Crippen molar-refractivity contribution in [2.45, 2.75) is 13.5 Å². The second-order valence-electron chi connectivity index (χ2n) is 5.41. The molecule has 0 bridgehead atoms. The first kappa shape index (κ1) is 13.7. The summed E-state index contributed by atoms with van der Waals surface area (Å²) in [6, 6.07) is 3.87. The lowest BCUT2D eigenvalue weighted by atomic mass is 9.99. The molecular weight excluding hydrogens is 326 g/mol. The maximum atomic E-state index is 11.2. The van der Waals surface area contributed by atoms with Gasteiger partial charge in [-0.2, -0.15) is 0 Å². The minimum absolute atomic E-state index is 0.181. The molecule has 0 spiro atoms. The van der Waals surface area contributed by atoms with E-state index in [-0.39, 0.29) is 18.6 Å². The lowest BCUT2D eigenvalue weighted by Gasteiger charge is -2.16. The Morgan fingerprint density at radius 2 is 2.10 bits per heavy atom. The Bertz CT molecular complexity index is 548. The minimum atomic E-state index is -0.704. The average Bonchev–Trinajstić information content (AvgIpc) is 2.96. The predicted octanol–water partition coefficient (Wildman–Crippen LogP) is 2.33. The predicted molar refractivity (Wildman–Crippen MR) is 75.8 cm³/mol. The molecule has 2 aliphatic heterocycles. The number of aliphatic carboxylic acids is 1. The van der Waals surface area contributed by atoms with Crippen LogP contribution in [-0.4, -0.2) is 35.9 Å². The SMILES string of the molecule is C[C@@H]1CN(Cc2cc3c(cc2Br)OCO3)C[C@H]1C(=O)O. The van der Waals surface area contributed by atoms with Crippen LogP contribution in [-0.2, 0) is 11.3 Å². The standard InChI is InChI=1S/C14H16BrNO4/c1-8-4-16(6-10(8)14(17)18)5-9-2-12-13(3-11(9)15)20-7-19-12/h2-3,8,10H,4-7H2,1H3,(H,17,18)/t8-,10-/m1/s1. The summed E-state index contributed by atoms with van der Waals surface area (Å²) in [7, 11) is 0. The number of halogens is 1. The first-order valence-corrected chi connectivity index (χ1v) is 7.37. The van der Waals surface area contributed by atoms with Gasteiger partial charge < -0.3 is 14.6 Å². The molecule has 1 aromatic rings. The fourth-order valence-electron chi connectivity index (χ4n) is 2.84. The number of fused-ring (bicyclic) bond motifs is 1. The van der Waals surface area contributed by atoms with Crippen LogP contribution in [0.4, 0.5) is 0 Å². The van der Waals surface area contributed by atoms with Crippen LogP contribution in [0.25, 0.3) is 0 Å². The van der Waals surface area contributed by atoms with Crippen LogP contribution < -0.4 is 9.47 Å². The molecule has 0 unspecified atom stereocenters. The number of benzene rings is 1. The summed E-state index contributed by atoms with van der Waals surface area (Å²) < 4.78 is 11.7. The summed E-state index contributed by atoms with van der Waals surface area (Å²) in [6.07, 6.45) is 0. The molecule has 0 aromatic heterocycles. The molecule has 20 heavy (non-hydrogen) atoms. The molecule has 2 heterocycles. The molecule has 2 atom stereocenters. The number of carboxylic acids is 1. The van der Waals surface area contributed by atoms with Crippen molar-refractivity contribution in [3.05, 3.63) is 22.2 Å². The Hall–Kier alpha value is -1.27. The van der Waals surface area contributed by atoms with Gasteiger partial charge in [-0.3, -0.25) is 9.69 Å². The van der Waals surface area contributed by atoms with Crippen LogP contribution in [0.2, 0.25) is 0 Å².